The monoisotopic (exact) mass is 244 g/mol. The first-order valence-corrected chi connectivity index (χ1v) is 5.97. The fourth-order valence-electron chi connectivity index (χ4n) is 2.10. The molecule has 2 amide bonds. The lowest BCUT2D eigenvalue weighted by Crippen LogP contribution is -2.48. The topological polar surface area (TPSA) is 81.1 Å². The van der Waals surface area contributed by atoms with Crippen LogP contribution in [0.2, 0.25) is 0 Å². The van der Waals surface area contributed by atoms with Gasteiger partial charge in [0.2, 0.25) is 0 Å². The molecule has 0 aromatic carbocycles. The molecule has 98 valence electrons. The van der Waals surface area contributed by atoms with Crippen molar-refractivity contribution in [3.63, 3.8) is 0 Å². The van der Waals surface area contributed by atoms with E-state index < -0.39 is 18.1 Å². The van der Waals surface area contributed by atoms with Crippen molar-refractivity contribution in [2.24, 2.45) is 0 Å². The molecule has 1 rings (SSSR count). The second kappa shape index (κ2) is 5.86. The number of hydrogen-bond acceptors (Lipinski definition) is 3. The van der Waals surface area contributed by atoms with Gasteiger partial charge in [0.25, 0.3) is 0 Å². The Kier molecular flexibility index (Phi) is 4.74. The van der Waals surface area contributed by atoms with E-state index in [1.165, 1.54) is 4.90 Å². The number of urea groups is 1. The third-order valence-electron chi connectivity index (χ3n) is 2.96. The van der Waals surface area contributed by atoms with Crippen LogP contribution < -0.4 is 0 Å². The Bertz CT molecular complexity index is 295. The van der Waals surface area contributed by atoms with Crippen molar-refractivity contribution in [1.29, 1.82) is 0 Å². The van der Waals surface area contributed by atoms with Gasteiger partial charge < -0.3 is 20.0 Å². The number of rotatable bonds is 4. The van der Waals surface area contributed by atoms with Crippen molar-refractivity contribution in [3.05, 3.63) is 0 Å². The predicted octanol–water partition coefficient (Wildman–Crippen LogP) is 0.358. The van der Waals surface area contributed by atoms with Gasteiger partial charge in [0.15, 0.2) is 0 Å². The fourth-order valence-corrected chi connectivity index (χ4v) is 2.10. The number of carbonyl (C=O) groups is 2. The quantitative estimate of drug-likeness (QED) is 0.748. The molecule has 2 N–H and O–H groups in total. The fraction of sp³-hybridized carbons (Fsp3) is 0.818. The number of likely N-dealkylation sites (tertiary alicyclic amines) is 1. The Morgan fingerprint density at radius 1 is 1.41 bits per heavy atom. The molecule has 1 aliphatic rings. The largest absolute Gasteiger partial charge is 0.480 e. The summed E-state index contributed by atoms with van der Waals surface area (Å²) in [6.45, 7) is 5.08. The third-order valence-corrected chi connectivity index (χ3v) is 2.96. The van der Waals surface area contributed by atoms with E-state index in [0.717, 1.165) is 6.42 Å². The van der Waals surface area contributed by atoms with Gasteiger partial charge in [-0.3, -0.25) is 0 Å². The summed E-state index contributed by atoms with van der Waals surface area (Å²) in [5.41, 5.74) is 0. The molecule has 0 aromatic rings. The zero-order valence-electron chi connectivity index (χ0n) is 10.3. The van der Waals surface area contributed by atoms with E-state index in [0.29, 0.717) is 13.1 Å². The summed E-state index contributed by atoms with van der Waals surface area (Å²) in [6, 6.07) is -1.19. The first-order valence-electron chi connectivity index (χ1n) is 5.97. The number of carboxylic acid groups (broad SMARTS) is 1. The van der Waals surface area contributed by atoms with Crippen LogP contribution in [0.15, 0.2) is 0 Å². The Morgan fingerprint density at radius 2 is 2.06 bits per heavy atom. The molecule has 2 unspecified atom stereocenters. The van der Waals surface area contributed by atoms with Crippen molar-refractivity contribution >= 4 is 12.0 Å². The standard InChI is InChI=1S/C11H20N2O4/c1-3-5-12(4-2)11(17)13-7-8(14)6-9(13)10(15)16/h8-9,14H,3-7H2,1-2H3,(H,15,16). The Hall–Kier alpha value is -1.30. The van der Waals surface area contributed by atoms with Gasteiger partial charge in [-0.15, -0.1) is 0 Å². The van der Waals surface area contributed by atoms with Crippen LogP contribution >= 0.6 is 0 Å². The van der Waals surface area contributed by atoms with Gasteiger partial charge in [-0.1, -0.05) is 6.92 Å². The lowest BCUT2D eigenvalue weighted by Gasteiger charge is -2.29. The van der Waals surface area contributed by atoms with Crippen molar-refractivity contribution in [1.82, 2.24) is 9.80 Å². The summed E-state index contributed by atoms with van der Waals surface area (Å²) in [6.07, 6.45) is 0.207. The summed E-state index contributed by atoms with van der Waals surface area (Å²) in [7, 11) is 0. The van der Waals surface area contributed by atoms with Crippen LogP contribution in [0, 0.1) is 0 Å². The molecule has 1 saturated heterocycles. The molecule has 0 spiro atoms. The molecule has 1 aliphatic heterocycles. The number of amides is 2. The zero-order chi connectivity index (χ0) is 13.0. The lowest BCUT2D eigenvalue weighted by atomic mass is 10.2. The highest BCUT2D eigenvalue weighted by atomic mass is 16.4. The summed E-state index contributed by atoms with van der Waals surface area (Å²) >= 11 is 0. The van der Waals surface area contributed by atoms with Gasteiger partial charge in [-0.2, -0.15) is 0 Å². The molecule has 2 atom stereocenters. The Balaban J connectivity index is 2.75. The summed E-state index contributed by atoms with van der Waals surface area (Å²) in [4.78, 5) is 26.0. The second-order valence-electron chi connectivity index (χ2n) is 4.26. The number of aliphatic hydroxyl groups is 1. The first kappa shape index (κ1) is 13.8. The van der Waals surface area contributed by atoms with Crippen LogP contribution in [0.5, 0.6) is 0 Å². The smallest absolute Gasteiger partial charge is 0.326 e. The number of nitrogens with zero attached hydrogens (tertiary/aromatic N) is 2. The molecular formula is C11H20N2O4. The van der Waals surface area contributed by atoms with Gasteiger partial charge >= 0.3 is 12.0 Å². The van der Waals surface area contributed by atoms with E-state index in [-0.39, 0.29) is 19.0 Å². The van der Waals surface area contributed by atoms with Gasteiger partial charge in [0.1, 0.15) is 6.04 Å². The summed E-state index contributed by atoms with van der Waals surface area (Å²) in [5.74, 6) is -1.05. The van der Waals surface area contributed by atoms with Crippen LogP contribution in [-0.4, -0.2) is 63.8 Å². The van der Waals surface area contributed by atoms with E-state index in [2.05, 4.69) is 0 Å². The minimum Gasteiger partial charge on any atom is -0.480 e. The van der Waals surface area contributed by atoms with E-state index in [4.69, 9.17) is 5.11 Å². The molecule has 0 saturated carbocycles. The lowest BCUT2D eigenvalue weighted by molar-refractivity contribution is -0.141. The molecule has 0 aliphatic carbocycles. The number of carbonyl (C=O) groups excluding carboxylic acids is 1. The highest BCUT2D eigenvalue weighted by molar-refractivity contribution is 5.83. The highest BCUT2D eigenvalue weighted by Gasteiger charge is 2.40. The molecule has 0 bridgehead atoms. The molecule has 6 heteroatoms. The van der Waals surface area contributed by atoms with Gasteiger partial charge in [0.05, 0.1) is 6.10 Å². The SMILES string of the molecule is CCCN(CC)C(=O)N1CC(O)CC1C(=O)O. The van der Waals surface area contributed by atoms with Crippen LogP contribution in [0.25, 0.3) is 0 Å². The van der Waals surface area contributed by atoms with Crippen molar-refractivity contribution in [2.75, 3.05) is 19.6 Å². The number of β-amino-alcohol motifs (C(OH)–C–C–N with tert-alkyl or cyclic N) is 1. The number of aliphatic hydroxyl groups excluding tert-OH is 1. The van der Waals surface area contributed by atoms with Crippen molar-refractivity contribution in [2.45, 2.75) is 38.8 Å². The number of carboxylic acids is 1. The maximum atomic E-state index is 12.1. The Labute approximate surface area is 101 Å². The maximum absolute atomic E-state index is 12.1. The van der Waals surface area contributed by atoms with E-state index >= 15 is 0 Å². The van der Waals surface area contributed by atoms with Crippen LogP contribution in [-0.2, 0) is 4.79 Å². The van der Waals surface area contributed by atoms with Crippen LogP contribution in [0.3, 0.4) is 0 Å². The number of hydrogen-bond donors (Lipinski definition) is 2. The van der Waals surface area contributed by atoms with Crippen LogP contribution in [0.1, 0.15) is 26.7 Å². The van der Waals surface area contributed by atoms with Gasteiger partial charge in [-0.25, -0.2) is 9.59 Å². The van der Waals surface area contributed by atoms with Crippen LogP contribution in [0.4, 0.5) is 4.79 Å². The van der Waals surface area contributed by atoms with Gasteiger partial charge in [0, 0.05) is 26.1 Å². The molecule has 6 nitrogen and oxygen atoms in total. The van der Waals surface area contributed by atoms with Crippen molar-refractivity contribution in [3.8, 4) is 0 Å². The minimum absolute atomic E-state index is 0.107. The average Bonchev–Trinajstić information content (AvgIpc) is 2.67. The average molecular weight is 244 g/mol. The molecule has 1 fully saturated rings. The van der Waals surface area contributed by atoms with Crippen molar-refractivity contribution < 1.29 is 19.8 Å². The Morgan fingerprint density at radius 3 is 2.53 bits per heavy atom. The minimum atomic E-state index is -1.05. The van der Waals surface area contributed by atoms with E-state index in [1.54, 1.807) is 4.90 Å². The molecule has 0 aromatic heterocycles. The maximum Gasteiger partial charge on any atom is 0.326 e. The van der Waals surface area contributed by atoms with Gasteiger partial charge in [-0.05, 0) is 13.3 Å². The third kappa shape index (κ3) is 3.09. The highest BCUT2D eigenvalue weighted by Crippen LogP contribution is 2.20. The zero-order valence-corrected chi connectivity index (χ0v) is 10.3. The molecule has 1 heterocycles. The summed E-state index contributed by atoms with van der Waals surface area (Å²) in [5, 5.41) is 18.5. The van der Waals surface area contributed by atoms with E-state index in [9.17, 15) is 14.7 Å². The molecule has 17 heavy (non-hydrogen) atoms. The molecule has 0 radical (unpaired) electrons. The summed E-state index contributed by atoms with van der Waals surface area (Å²) < 4.78 is 0. The normalized spacial score (nSPS) is 23.8. The van der Waals surface area contributed by atoms with E-state index in [1.807, 2.05) is 13.8 Å². The first-order chi connectivity index (χ1) is 8.01. The predicted molar refractivity (Wildman–Crippen MR) is 61.7 cm³/mol. The second-order valence-corrected chi connectivity index (χ2v) is 4.26. The molecular weight excluding hydrogens is 224 g/mol. The number of aliphatic carboxylic acids is 1.